The number of para-hydroxylation sites is 1. The number of furan rings is 1. The van der Waals surface area contributed by atoms with Gasteiger partial charge in [-0.25, -0.2) is 4.79 Å². The average Bonchev–Trinajstić information content (AvgIpc) is 3.20. The normalized spacial score (nSPS) is 17.4. The number of amides is 1. The van der Waals surface area contributed by atoms with Gasteiger partial charge in [0.2, 0.25) is 5.91 Å². The third-order valence-corrected chi connectivity index (χ3v) is 3.92. The van der Waals surface area contributed by atoms with E-state index in [2.05, 4.69) is 5.32 Å². The molecule has 2 unspecified atom stereocenters. The fourth-order valence-corrected chi connectivity index (χ4v) is 2.43. The van der Waals surface area contributed by atoms with E-state index in [-0.39, 0.29) is 11.8 Å². The molecule has 1 aromatic carbocycles. The highest BCUT2D eigenvalue weighted by Gasteiger charge is 2.38. The van der Waals surface area contributed by atoms with Gasteiger partial charge in [-0.05, 0) is 37.8 Å². The zero-order chi connectivity index (χ0) is 15.0. The smallest absolute Gasteiger partial charge is 0.326 e. The van der Waals surface area contributed by atoms with Crippen LogP contribution in [0.4, 0.5) is 0 Å². The monoisotopic (exact) mass is 287 g/mol. The Bertz CT molecular complexity index is 653. The third kappa shape index (κ3) is 2.77. The lowest BCUT2D eigenvalue weighted by molar-refractivity contribution is -0.142. The lowest BCUT2D eigenvalue weighted by Gasteiger charge is -2.16. The Morgan fingerprint density at radius 2 is 2.05 bits per heavy atom. The lowest BCUT2D eigenvalue weighted by Crippen LogP contribution is -2.44. The van der Waals surface area contributed by atoms with Gasteiger partial charge in [-0.15, -0.1) is 0 Å². The summed E-state index contributed by atoms with van der Waals surface area (Å²) < 4.78 is 5.66. The first-order valence-corrected chi connectivity index (χ1v) is 7.08. The number of carbonyl (C=O) groups is 2. The zero-order valence-electron chi connectivity index (χ0n) is 11.7. The Morgan fingerprint density at radius 3 is 2.67 bits per heavy atom. The second-order valence-electron chi connectivity index (χ2n) is 5.57. The Kier molecular flexibility index (Phi) is 3.41. The van der Waals surface area contributed by atoms with Gasteiger partial charge < -0.3 is 14.8 Å². The number of rotatable bonds is 5. The molecule has 0 bridgehead atoms. The number of carbonyl (C=O) groups excluding carboxylic acids is 1. The number of nitrogens with one attached hydrogen (secondary N) is 1. The maximum Gasteiger partial charge on any atom is 0.326 e. The van der Waals surface area contributed by atoms with E-state index in [4.69, 9.17) is 9.52 Å². The first-order valence-electron chi connectivity index (χ1n) is 7.08. The van der Waals surface area contributed by atoms with Crippen molar-refractivity contribution in [2.75, 3.05) is 0 Å². The summed E-state index contributed by atoms with van der Waals surface area (Å²) in [7, 11) is 0. The summed E-state index contributed by atoms with van der Waals surface area (Å²) >= 11 is 0. The van der Waals surface area contributed by atoms with Crippen LogP contribution in [0.25, 0.3) is 11.0 Å². The van der Waals surface area contributed by atoms with Crippen LogP contribution in [0.1, 0.15) is 31.4 Å². The molecule has 21 heavy (non-hydrogen) atoms. The molecule has 1 aliphatic carbocycles. The summed E-state index contributed by atoms with van der Waals surface area (Å²) in [5.74, 6) is -1.18. The topological polar surface area (TPSA) is 79.5 Å². The molecule has 3 rings (SSSR count). The molecule has 0 aliphatic heterocycles. The Hall–Kier alpha value is -2.30. The molecule has 5 nitrogen and oxygen atoms in total. The van der Waals surface area contributed by atoms with Crippen LogP contribution in [-0.4, -0.2) is 23.0 Å². The van der Waals surface area contributed by atoms with E-state index in [1.165, 1.54) is 0 Å². The van der Waals surface area contributed by atoms with E-state index in [0.29, 0.717) is 5.76 Å². The van der Waals surface area contributed by atoms with Crippen LogP contribution in [0, 0.1) is 5.92 Å². The predicted molar refractivity (Wildman–Crippen MR) is 76.9 cm³/mol. The highest BCUT2D eigenvalue weighted by Crippen LogP contribution is 2.33. The van der Waals surface area contributed by atoms with Gasteiger partial charge in [0.1, 0.15) is 17.4 Å². The van der Waals surface area contributed by atoms with E-state index < -0.39 is 17.9 Å². The molecule has 0 saturated heterocycles. The third-order valence-electron chi connectivity index (χ3n) is 3.92. The molecule has 2 atom stereocenters. The summed E-state index contributed by atoms with van der Waals surface area (Å²) in [6.45, 7) is 1.72. The van der Waals surface area contributed by atoms with Crippen molar-refractivity contribution in [1.82, 2.24) is 5.32 Å². The van der Waals surface area contributed by atoms with Gasteiger partial charge >= 0.3 is 5.97 Å². The van der Waals surface area contributed by atoms with E-state index in [0.717, 1.165) is 23.8 Å². The van der Waals surface area contributed by atoms with Crippen molar-refractivity contribution < 1.29 is 19.1 Å². The second-order valence-corrected chi connectivity index (χ2v) is 5.57. The average molecular weight is 287 g/mol. The van der Waals surface area contributed by atoms with Crippen LogP contribution in [-0.2, 0) is 9.59 Å². The van der Waals surface area contributed by atoms with Crippen LogP contribution in [0.2, 0.25) is 0 Å². The van der Waals surface area contributed by atoms with Gasteiger partial charge in [0.15, 0.2) is 0 Å². The van der Waals surface area contributed by atoms with Crippen molar-refractivity contribution in [3.63, 3.8) is 0 Å². The van der Waals surface area contributed by atoms with Crippen molar-refractivity contribution in [3.8, 4) is 0 Å². The number of carboxylic acids is 1. The predicted octanol–water partition coefficient (Wildman–Crippen LogP) is 2.52. The second kappa shape index (κ2) is 5.24. The van der Waals surface area contributed by atoms with Crippen LogP contribution in [0.3, 0.4) is 0 Å². The fraction of sp³-hybridized carbons (Fsp3) is 0.375. The molecule has 1 heterocycles. The van der Waals surface area contributed by atoms with Gasteiger partial charge in [0.25, 0.3) is 0 Å². The Balaban J connectivity index is 1.75. The standard InChI is InChI=1S/C16H17NO4/c1-9(13-8-11-4-2-3-5-12(11)21-13)15(18)17-14(16(19)20)10-6-7-10/h2-5,8-10,14H,6-7H2,1H3,(H,17,18)(H,19,20). The largest absolute Gasteiger partial charge is 0.480 e. The van der Waals surface area contributed by atoms with Crippen molar-refractivity contribution >= 4 is 22.8 Å². The number of fused-ring (bicyclic) bond motifs is 1. The van der Waals surface area contributed by atoms with Gasteiger partial charge in [-0.2, -0.15) is 0 Å². The number of aliphatic carboxylic acids is 1. The first kappa shape index (κ1) is 13.7. The quantitative estimate of drug-likeness (QED) is 0.885. The molecule has 5 heteroatoms. The maximum atomic E-state index is 12.2. The van der Waals surface area contributed by atoms with Crippen LogP contribution >= 0.6 is 0 Å². The minimum Gasteiger partial charge on any atom is -0.480 e. The van der Waals surface area contributed by atoms with Crippen LogP contribution in [0.5, 0.6) is 0 Å². The molecule has 1 aliphatic rings. The van der Waals surface area contributed by atoms with Crippen molar-refractivity contribution in [2.24, 2.45) is 5.92 Å². The molecule has 110 valence electrons. The molecule has 1 amide bonds. The van der Waals surface area contributed by atoms with E-state index in [9.17, 15) is 9.59 Å². The molecule has 1 fully saturated rings. The molecule has 1 saturated carbocycles. The number of benzene rings is 1. The van der Waals surface area contributed by atoms with Gasteiger partial charge in [0, 0.05) is 5.39 Å². The maximum absolute atomic E-state index is 12.2. The summed E-state index contributed by atoms with van der Waals surface area (Å²) in [6.07, 6.45) is 1.71. The fourth-order valence-electron chi connectivity index (χ4n) is 2.43. The SMILES string of the molecule is CC(C(=O)NC(C(=O)O)C1CC1)c1cc2ccccc2o1. The summed E-state index contributed by atoms with van der Waals surface area (Å²) in [5.41, 5.74) is 0.726. The molecule has 2 N–H and O–H groups in total. The highest BCUT2D eigenvalue weighted by molar-refractivity contribution is 5.89. The molecule has 2 aromatic rings. The lowest BCUT2D eigenvalue weighted by atomic mass is 10.1. The summed E-state index contributed by atoms with van der Waals surface area (Å²) in [4.78, 5) is 23.4. The van der Waals surface area contributed by atoms with Crippen molar-refractivity contribution in [3.05, 3.63) is 36.1 Å². The molecular weight excluding hydrogens is 270 g/mol. The van der Waals surface area contributed by atoms with E-state index in [1.807, 2.05) is 30.3 Å². The Morgan fingerprint density at radius 1 is 1.33 bits per heavy atom. The molecule has 1 aromatic heterocycles. The Labute approximate surface area is 121 Å². The van der Waals surface area contributed by atoms with E-state index in [1.54, 1.807) is 6.92 Å². The first-order chi connectivity index (χ1) is 10.1. The van der Waals surface area contributed by atoms with Gasteiger partial charge in [-0.1, -0.05) is 18.2 Å². The van der Waals surface area contributed by atoms with Crippen molar-refractivity contribution in [1.29, 1.82) is 0 Å². The van der Waals surface area contributed by atoms with E-state index >= 15 is 0 Å². The number of hydrogen-bond donors (Lipinski definition) is 2. The molecular formula is C16H17NO4. The van der Waals surface area contributed by atoms with Gasteiger partial charge in [-0.3, -0.25) is 4.79 Å². The minimum absolute atomic E-state index is 0.0642. The number of hydrogen-bond acceptors (Lipinski definition) is 3. The molecule has 0 spiro atoms. The highest BCUT2D eigenvalue weighted by atomic mass is 16.4. The summed E-state index contributed by atoms with van der Waals surface area (Å²) in [6, 6.07) is 8.56. The molecule has 0 radical (unpaired) electrons. The zero-order valence-corrected chi connectivity index (χ0v) is 11.7. The van der Waals surface area contributed by atoms with Crippen LogP contribution < -0.4 is 5.32 Å². The van der Waals surface area contributed by atoms with Gasteiger partial charge in [0.05, 0.1) is 5.92 Å². The summed E-state index contributed by atoms with van der Waals surface area (Å²) in [5, 5.41) is 12.7. The van der Waals surface area contributed by atoms with Crippen LogP contribution in [0.15, 0.2) is 34.7 Å². The minimum atomic E-state index is -0.970. The van der Waals surface area contributed by atoms with Crippen molar-refractivity contribution in [2.45, 2.75) is 31.7 Å². The number of carboxylic acid groups (broad SMARTS) is 1.